The van der Waals surface area contributed by atoms with E-state index in [1.54, 1.807) is 24.1 Å². The SMILES string of the molecule is CN(Cc1ccc(F)cc1)C(=O)c1ccc(CCN)cc1. The van der Waals surface area contributed by atoms with Crippen LogP contribution in [-0.4, -0.2) is 24.4 Å². The molecule has 0 saturated heterocycles. The number of hydrogen-bond donors (Lipinski definition) is 1. The third kappa shape index (κ3) is 4.13. The van der Waals surface area contributed by atoms with Crippen LogP contribution in [0.15, 0.2) is 48.5 Å². The molecule has 1 amide bonds. The molecule has 2 aromatic carbocycles. The molecule has 0 aromatic heterocycles. The van der Waals surface area contributed by atoms with Crippen LogP contribution < -0.4 is 5.73 Å². The topological polar surface area (TPSA) is 46.3 Å². The summed E-state index contributed by atoms with van der Waals surface area (Å²) in [6.45, 7) is 1.04. The summed E-state index contributed by atoms with van der Waals surface area (Å²) in [5.74, 6) is -0.332. The Balaban J connectivity index is 2.02. The third-order valence-electron chi connectivity index (χ3n) is 3.31. The molecule has 3 nitrogen and oxygen atoms in total. The summed E-state index contributed by atoms with van der Waals surface area (Å²) in [6, 6.07) is 13.6. The van der Waals surface area contributed by atoms with E-state index in [2.05, 4.69) is 0 Å². The second kappa shape index (κ2) is 6.99. The molecule has 0 unspecified atom stereocenters. The van der Waals surface area contributed by atoms with Crippen molar-refractivity contribution < 1.29 is 9.18 Å². The van der Waals surface area contributed by atoms with Crippen LogP contribution in [0.2, 0.25) is 0 Å². The van der Waals surface area contributed by atoms with Gasteiger partial charge in [0, 0.05) is 19.2 Å². The van der Waals surface area contributed by atoms with Gasteiger partial charge in [0.1, 0.15) is 5.82 Å². The van der Waals surface area contributed by atoms with Crippen LogP contribution in [-0.2, 0) is 13.0 Å². The number of amides is 1. The zero-order valence-electron chi connectivity index (χ0n) is 12.1. The molecule has 21 heavy (non-hydrogen) atoms. The van der Waals surface area contributed by atoms with E-state index in [1.165, 1.54) is 12.1 Å². The van der Waals surface area contributed by atoms with E-state index in [0.717, 1.165) is 17.5 Å². The van der Waals surface area contributed by atoms with E-state index in [9.17, 15) is 9.18 Å². The van der Waals surface area contributed by atoms with Crippen molar-refractivity contribution in [3.05, 3.63) is 71.0 Å². The Labute approximate surface area is 124 Å². The predicted octanol–water partition coefficient (Wildman–Crippen LogP) is 2.60. The maximum absolute atomic E-state index is 12.9. The maximum Gasteiger partial charge on any atom is 0.253 e. The normalized spacial score (nSPS) is 10.4. The van der Waals surface area contributed by atoms with Crippen molar-refractivity contribution >= 4 is 5.91 Å². The minimum absolute atomic E-state index is 0.0568. The molecule has 2 aromatic rings. The van der Waals surface area contributed by atoms with Gasteiger partial charge in [-0.25, -0.2) is 4.39 Å². The van der Waals surface area contributed by atoms with Gasteiger partial charge in [-0.3, -0.25) is 4.79 Å². The summed E-state index contributed by atoms with van der Waals surface area (Å²) >= 11 is 0. The Hall–Kier alpha value is -2.20. The molecule has 0 bridgehead atoms. The van der Waals surface area contributed by atoms with Crippen LogP contribution in [0, 0.1) is 5.82 Å². The van der Waals surface area contributed by atoms with Gasteiger partial charge in [0.05, 0.1) is 0 Å². The Bertz CT molecular complexity index is 593. The largest absolute Gasteiger partial charge is 0.337 e. The first-order chi connectivity index (χ1) is 10.1. The van der Waals surface area contributed by atoms with Crippen molar-refractivity contribution in [1.29, 1.82) is 0 Å². The fraction of sp³-hybridized carbons (Fsp3) is 0.235. The van der Waals surface area contributed by atoms with Gasteiger partial charge in [-0.05, 0) is 48.4 Å². The van der Waals surface area contributed by atoms with E-state index in [0.29, 0.717) is 18.7 Å². The first-order valence-electron chi connectivity index (χ1n) is 6.89. The van der Waals surface area contributed by atoms with E-state index in [1.807, 2.05) is 24.3 Å². The molecule has 0 fully saturated rings. The fourth-order valence-corrected chi connectivity index (χ4v) is 2.14. The van der Waals surface area contributed by atoms with Gasteiger partial charge in [-0.15, -0.1) is 0 Å². The van der Waals surface area contributed by atoms with Crippen molar-refractivity contribution in [1.82, 2.24) is 4.90 Å². The van der Waals surface area contributed by atoms with Gasteiger partial charge < -0.3 is 10.6 Å². The van der Waals surface area contributed by atoms with Crippen molar-refractivity contribution in [3.63, 3.8) is 0 Å². The molecule has 2 N–H and O–H groups in total. The van der Waals surface area contributed by atoms with Crippen molar-refractivity contribution in [3.8, 4) is 0 Å². The van der Waals surface area contributed by atoms with Gasteiger partial charge in [-0.2, -0.15) is 0 Å². The first kappa shape index (κ1) is 15.2. The summed E-state index contributed by atoms with van der Waals surface area (Å²) in [6.07, 6.45) is 0.805. The third-order valence-corrected chi connectivity index (χ3v) is 3.31. The number of nitrogens with zero attached hydrogens (tertiary/aromatic N) is 1. The molecular weight excluding hydrogens is 267 g/mol. The minimum atomic E-state index is -0.275. The minimum Gasteiger partial charge on any atom is -0.337 e. The van der Waals surface area contributed by atoms with Crippen molar-refractivity contribution in [2.24, 2.45) is 5.73 Å². The second-order valence-corrected chi connectivity index (χ2v) is 5.02. The lowest BCUT2D eigenvalue weighted by molar-refractivity contribution is 0.0785. The highest BCUT2D eigenvalue weighted by molar-refractivity contribution is 5.94. The zero-order valence-corrected chi connectivity index (χ0v) is 12.1. The van der Waals surface area contributed by atoms with Crippen LogP contribution in [0.1, 0.15) is 21.5 Å². The smallest absolute Gasteiger partial charge is 0.253 e. The van der Waals surface area contributed by atoms with Crippen LogP contribution in [0.25, 0.3) is 0 Å². The quantitative estimate of drug-likeness (QED) is 0.918. The van der Waals surface area contributed by atoms with Crippen LogP contribution in [0.4, 0.5) is 4.39 Å². The van der Waals surface area contributed by atoms with E-state index >= 15 is 0 Å². The summed E-state index contributed by atoms with van der Waals surface area (Å²) in [4.78, 5) is 13.9. The zero-order chi connectivity index (χ0) is 15.2. The number of carbonyl (C=O) groups excluding carboxylic acids is 1. The predicted molar refractivity (Wildman–Crippen MR) is 81.4 cm³/mol. The molecule has 0 spiro atoms. The maximum atomic E-state index is 12.9. The monoisotopic (exact) mass is 286 g/mol. The second-order valence-electron chi connectivity index (χ2n) is 5.02. The van der Waals surface area contributed by atoms with Crippen LogP contribution >= 0.6 is 0 Å². The number of carbonyl (C=O) groups is 1. The number of benzene rings is 2. The van der Waals surface area contributed by atoms with Gasteiger partial charge in [0.15, 0.2) is 0 Å². The lowest BCUT2D eigenvalue weighted by Gasteiger charge is -2.17. The highest BCUT2D eigenvalue weighted by Crippen LogP contribution is 2.11. The molecular formula is C17H19FN2O. The standard InChI is InChI=1S/C17H19FN2O/c1-20(12-14-4-8-16(18)9-5-14)17(21)15-6-2-13(3-7-15)10-11-19/h2-9H,10-12,19H2,1H3. The van der Waals surface area contributed by atoms with E-state index in [4.69, 9.17) is 5.73 Å². The number of nitrogens with two attached hydrogens (primary N) is 1. The summed E-state index contributed by atoms with van der Waals surface area (Å²) in [7, 11) is 1.74. The molecule has 0 saturated carbocycles. The Kier molecular flexibility index (Phi) is 5.06. The Morgan fingerprint density at radius 3 is 2.19 bits per heavy atom. The average Bonchev–Trinajstić information content (AvgIpc) is 2.50. The van der Waals surface area contributed by atoms with E-state index in [-0.39, 0.29) is 11.7 Å². The Morgan fingerprint density at radius 1 is 1.05 bits per heavy atom. The molecule has 110 valence electrons. The number of halogens is 1. The molecule has 4 heteroatoms. The van der Waals surface area contributed by atoms with Gasteiger partial charge >= 0.3 is 0 Å². The lowest BCUT2D eigenvalue weighted by Crippen LogP contribution is -2.26. The van der Waals surface area contributed by atoms with Crippen LogP contribution in [0.3, 0.4) is 0 Å². The van der Waals surface area contributed by atoms with Crippen molar-refractivity contribution in [2.45, 2.75) is 13.0 Å². The Morgan fingerprint density at radius 2 is 1.62 bits per heavy atom. The van der Waals surface area contributed by atoms with Crippen LogP contribution in [0.5, 0.6) is 0 Å². The molecule has 0 aliphatic heterocycles. The highest BCUT2D eigenvalue weighted by Gasteiger charge is 2.11. The molecule has 0 heterocycles. The summed E-state index contributed by atoms with van der Waals surface area (Å²) < 4.78 is 12.9. The highest BCUT2D eigenvalue weighted by atomic mass is 19.1. The lowest BCUT2D eigenvalue weighted by atomic mass is 10.1. The number of rotatable bonds is 5. The molecule has 0 radical (unpaired) electrons. The molecule has 0 aliphatic carbocycles. The molecule has 2 rings (SSSR count). The van der Waals surface area contributed by atoms with Gasteiger partial charge in [0.25, 0.3) is 5.91 Å². The number of hydrogen-bond acceptors (Lipinski definition) is 2. The molecule has 0 atom stereocenters. The van der Waals surface area contributed by atoms with Gasteiger partial charge in [-0.1, -0.05) is 24.3 Å². The average molecular weight is 286 g/mol. The summed E-state index contributed by atoms with van der Waals surface area (Å²) in [5, 5.41) is 0. The fourth-order valence-electron chi connectivity index (χ4n) is 2.14. The van der Waals surface area contributed by atoms with Gasteiger partial charge in [0.2, 0.25) is 0 Å². The first-order valence-corrected chi connectivity index (χ1v) is 6.89. The van der Waals surface area contributed by atoms with E-state index < -0.39 is 0 Å². The van der Waals surface area contributed by atoms with Crippen molar-refractivity contribution in [2.75, 3.05) is 13.6 Å². The molecule has 0 aliphatic rings. The summed E-state index contributed by atoms with van der Waals surface area (Å²) in [5.41, 5.74) is 8.16.